The molecular formula is C26H27F4N3O5. The Hall–Kier alpha value is -3.83. The Bertz CT molecular complexity index is 1220. The van der Waals surface area contributed by atoms with Crippen LogP contribution in [0.4, 0.5) is 17.6 Å². The summed E-state index contributed by atoms with van der Waals surface area (Å²) < 4.78 is 63.7. The van der Waals surface area contributed by atoms with Crippen molar-refractivity contribution in [1.82, 2.24) is 10.2 Å². The van der Waals surface area contributed by atoms with Crippen molar-refractivity contribution in [2.24, 2.45) is 11.7 Å². The highest BCUT2D eigenvalue weighted by Gasteiger charge is 2.40. The third kappa shape index (κ3) is 6.35. The van der Waals surface area contributed by atoms with E-state index in [9.17, 15) is 31.9 Å². The molecule has 0 aromatic heterocycles. The molecule has 1 saturated carbocycles. The minimum atomic E-state index is -3.04. The van der Waals surface area contributed by atoms with E-state index >= 15 is 0 Å². The van der Waals surface area contributed by atoms with Gasteiger partial charge < -0.3 is 25.4 Å². The molecule has 2 unspecified atom stereocenters. The molecule has 4 rings (SSSR count). The number of alkyl halides is 2. The Morgan fingerprint density at radius 1 is 1.11 bits per heavy atom. The summed E-state index contributed by atoms with van der Waals surface area (Å²) in [6.45, 7) is -1.29. The van der Waals surface area contributed by atoms with Crippen LogP contribution >= 0.6 is 0 Å². The molecule has 0 bridgehead atoms. The minimum absolute atomic E-state index is 0.120. The average Bonchev–Trinajstić information content (AvgIpc) is 3.56. The average molecular weight is 538 g/mol. The number of rotatable bonds is 10. The summed E-state index contributed by atoms with van der Waals surface area (Å²) in [6, 6.07) is 4.35. The van der Waals surface area contributed by atoms with Crippen LogP contribution in [0.2, 0.25) is 0 Å². The van der Waals surface area contributed by atoms with Crippen LogP contribution in [0.3, 0.4) is 0 Å². The third-order valence-corrected chi connectivity index (χ3v) is 6.68. The van der Waals surface area contributed by atoms with Gasteiger partial charge in [0.15, 0.2) is 11.5 Å². The minimum Gasteiger partial charge on any atom is -0.489 e. The van der Waals surface area contributed by atoms with Gasteiger partial charge >= 0.3 is 6.61 Å². The first-order valence-electron chi connectivity index (χ1n) is 12.1. The number of benzene rings is 2. The van der Waals surface area contributed by atoms with E-state index in [0.717, 1.165) is 25.0 Å². The van der Waals surface area contributed by atoms with Crippen LogP contribution in [0.25, 0.3) is 0 Å². The summed E-state index contributed by atoms with van der Waals surface area (Å²) in [5.74, 6) is -4.18. The van der Waals surface area contributed by atoms with E-state index in [1.165, 1.54) is 17.9 Å². The first kappa shape index (κ1) is 27.2. The molecule has 8 nitrogen and oxygen atoms in total. The summed E-state index contributed by atoms with van der Waals surface area (Å²) in [5, 5.41) is 2.38. The lowest BCUT2D eigenvalue weighted by Gasteiger charge is -2.25. The van der Waals surface area contributed by atoms with Crippen LogP contribution in [-0.4, -0.2) is 48.4 Å². The van der Waals surface area contributed by atoms with Crippen molar-refractivity contribution in [2.45, 2.75) is 50.8 Å². The molecule has 1 heterocycles. The number of halogens is 4. The van der Waals surface area contributed by atoms with Crippen molar-refractivity contribution in [1.29, 1.82) is 0 Å². The largest absolute Gasteiger partial charge is 0.489 e. The zero-order valence-corrected chi connectivity index (χ0v) is 20.5. The SMILES string of the molecule is CC(=O)N1CC(c2ccc(OC(F)F)c(OCC3CC3)c2)C[C@H]1C(=O)NC(C(N)=O)c1ccc(F)cc1F. The van der Waals surface area contributed by atoms with Gasteiger partial charge in [0.05, 0.1) is 6.61 Å². The van der Waals surface area contributed by atoms with Crippen molar-refractivity contribution in [3.8, 4) is 11.5 Å². The van der Waals surface area contributed by atoms with Gasteiger partial charge in [-0.1, -0.05) is 12.1 Å². The molecule has 1 aliphatic heterocycles. The van der Waals surface area contributed by atoms with Crippen LogP contribution in [-0.2, 0) is 14.4 Å². The smallest absolute Gasteiger partial charge is 0.387 e. The van der Waals surface area contributed by atoms with E-state index in [0.29, 0.717) is 24.2 Å². The number of carbonyl (C=O) groups is 3. The molecule has 3 atom stereocenters. The van der Waals surface area contributed by atoms with Crippen LogP contribution in [0, 0.1) is 17.6 Å². The zero-order valence-electron chi connectivity index (χ0n) is 20.5. The Labute approximate surface area is 216 Å². The summed E-state index contributed by atoms with van der Waals surface area (Å²) in [7, 11) is 0. The fourth-order valence-electron chi connectivity index (χ4n) is 4.53. The standard InChI is InChI=1S/C26H27F4N3O5/c1-13(34)33-11-16(15-4-7-21(38-26(29)30)22(9-15)37-12-14-2-3-14)8-20(33)25(36)32-23(24(31)35)18-6-5-17(27)10-19(18)28/h4-7,9-10,14,16,20,23,26H,2-3,8,11-12H2,1H3,(H2,31,35)(H,32,36)/t16?,20-,23?/m0/s1. The molecule has 204 valence electrons. The predicted molar refractivity (Wildman–Crippen MR) is 126 cm³/mol. The van der Waals surface area contributed by atoms with Gasteiger partial charge in [-0.25, -0.2) is 8.78 Å². The summed E-state index contributed by atoms with van der Waals surface area (Å²) in [4.78, 5) is 38.9. The third-order valence-electron chi connectivity index (χ3n) is 6.68. The number of nitrogens with zero attached hydrogens (tertiary/aromatic N) is 1. The lowest BCUT2D eigenvalue weighted by molar-refractivity contribution is -0.138. The number of carbonyl (C=O) groups excluding carboxylic acids is 3. The fraction of sp³-hybridized carbons (Fsp3) is 0.423. The molecule has 12 heteroatoms. The van der Waals surface area contributed by atoms with Gasteiger partial charge in [-0.2, -0.15) is 8.78 Å². The number of primary amides is 1. The van der Waals surface area contributed by atoms with E-state index in [-0.39, 0.29) is 35.9 Å². The van der Waals surface area contributed by atoms with Gasteiger partial charge in [0.2, 0.25) is 17.7 Å². The molecule has 3 amide bonds. The lowest BCUT2D eigenvalue weighted by atomic mass is 9.95. The van der Waals surface area contributed by atoms with Crippen molar-refractivity contribution < 1.29 is 41.4 Å². The van der Waals surface area contributed by atoms with Crippen molar-refractivity contribution in [2.75, 3.05) is 13.2 Å². The second-order valence-corrected chi connectivity index (χ2v) is 9.47. The van der Waals surface area contributed by atoms with Gasteiger partial charge in [0.1, 0.15) is 23.7 Å². The van der Waals surface area contributed by atoms with E-state index in [1.54, 1.807) is 12.1 Å². The first-order chi connectivity index (χ1) is 18.0. The molecule has 2 aromatic carbocycles. The van der Waals surface area contributed by atoms with E-state index in [4.69, 9.17) is 10.5 Å². The highest BCUT2D eigenvalue weighted by atomic mass is 19.3. The maximum Gasteiger partial charge on any atom is 0.387 e. The van der Waals surface area contributed by atoms with Gasteiger partial charge in [-0.15, -0.1) is 0 Å². The van der Waals surface area contributed by atoms with Crippen molar-refractivity contribution in [3.05, 3.63) is 59.2 Å². The number of hydrogen-bond donors (Lipinski definition) is 2. The van der Waals surface area contributed by atoms with Crippen LogP contribution in [0.5, 0.6) is 11.5 Å². The molecule has 1 aliphatic carbocycles. The molecule has 38 heavy (non-hydrogen) atoms. The summed E-state index contributed by atoms with van der Waals surface area (Å²) >= 11 is 0. The van der Waals surface area contributed by atoms with Gasteiger partial charge in [-0.05, 0) is 48.9 Å². The van der Waals surface area contributed by atoms with E-state index in [1.807, 2.05) is 0 Å². The maximum atomic E-state index is 14.3. The Morgan fingerprint density at radius 3 is 2.45 bits per heavy atom. The molecule has 0 radical (unpaired) electrons. The molecule has 3 N–H and O–H groups in total. The van der Waals surface area contributed by atoms with Gasteiger partial charge in [0, 0.05) is 31.0 Å². The normalized spacial score (nSPS) is 19.8. The number of ether oxygens (including phenoxy) is 2. The Kier molecular flexibility index (Phi) is 8.08. The summed E-state index contributed by atoms with van der Waals surface area (Å²) in [5.41, 5.74) is 5.70. The molecule has 2 aromatic rings. The second kappa shape index (κ2) is 11.3. The van der Waals surface area contributed by atoms with Gasteiger partial charge in [-0.3, -0.25) is 14.4 Å². The van der Waals surface area contributed by atoms with Crippen molar-refractivity contribution in [3.63, 3.8) is 0 Å². The fourth-order valence-corrected chi connectivity index (χ4v) is 4.53. The first-order valence-corrected chi connectivity index (χ1v) is 12.1. The van der Waals surface area contributed by atoms with Crippen LogP contribution in [0.1, 0.15) is 49.3 Å². The van der Waals surface area contributed by atoms with E-state index in [2.05, 4.69) is 10.1 Å². The number of nitrogens with two attached hydrogens (primary N) is 1. The monoisotopic (exact) mass is 537 g/mol. The molecule has 2 aliphatic rings. The van der Waals surface area contributed by atoms with Crippen molar-refractivity contribution >= 4 is 17.7 Å². The number of amides is 3. The second-order valence-electron chi connectivity index (χ2n) is 9.47. The topological polar surface area (TPSA) is 111 Å². The zero-order chi connectivity index (χ0) is 27.6. The quantitative estimate of drug-likeness (QED) is 0.452. The number of likely N-dealkylation sites (tertiary alicyclic amines) is 1. The Balaban J connectivity index is 1.55. The van der Waals surface area contributed by atoms with Crippen LogP contribution in [0.15, 0.2) is 36.4 Å². The highest BCUT2D eigenvalue weighted by Crippen LogP contribution is 2.39. The van der Waals surface area contributed by atoms with Crippen LogP contribution < -0.4 is 20.5 Å². The van der Waals surface area contributed by atoms with Gasteiger partial charge in [0.25, 0.3) is 0 Å². The molecule has 1 saturated heterocycles. The molecule has 0 spiro atoms. The molecular weight excluding hydrogens is 510 g/mol. The Morgan fingerprint density at radius 2 is 1.84 bits per heavy atom. The molecule has 2 fully saturated rings. The number of hydrogen-bond acceptors (Lipinski definition) is 5. The predicted octanol–water partition coefficient (Wildman–Crippen LogP) is 3.40. The lowest BCUT2D eigenvalue weighted by Crippen LogP contribution is -2.48. The highest BCUT2D eigenvalue weighted by molar-refractivity contribution is 5.92. The maximum absolute atomic E-state index is 14.3. The number of nitrogens with one attached hydrogen (secondary N) is 1. The summed E-state index contributed by atoms with van der Waals surface area (Å²) in [6.07, 6.45) is 2.11. The van der Waals surface area contributed by atoms with E-state index < -0.39 is 48.1 Å².